The average Bonchev–Trinajstić information content (AvgIpc) is 3.26. The third-order valence-electron chi connectivity index (χ3n) is 4.79. The summed E-state index contributed by atoms with van der Waals surface area (Å²) in [5.74, 6) is -0.505. The van der Waals surface area contributed by atoms with Crippen LogP contribution < -0.4 is 5.32 Å². The second-order valence-corrected chi connectivity index (χ2v) is 7.89. The number of halogens is 4. The Morgan fingerprint density at radius 2 is 1.94 bits per heavy atom. The highest BCUT2D eigenvalue weighted by Crippen LogP contribution is 2.28. The Morgan fingerprint density at radius 1 is 1.31 bits per heavy atom. The number of allylic oxidation sites excluding steroid dienone is 6. The minimum absolute atomic E-state index is 0.110. The van der Waals surface area contributed by atoms with Gasteiger partial charge in [0.05, 0.1) is 19.4 Å². The number of aromatic nitrogens is 2. The molecule has 10 heteroatoms. The number of aliphatic imine (C=N–C) groups is 1. The summed E-state index contributed by atoms with van der Waals surface area (Å²) in [6.45, 7) is 11.8. The van der Waals surface area contributed by atoms with Crippen LogP contribution in [0.1, 0.15) is 70.6 Å². The summed E-state index contributed by atoms with van der Waals surface area (Å²) in [4.78, 5) is 17.2. The van der Waals surface area contributed by atoms with Gasteiger partial charge in [-0.15, -0.1) is 0 Å². The maximum Gasteiger partial charge on any atom is 0.435 e. The Morgan fingerprint density at radius 3 is 2.39 bits per heavy atom. The van der Waals surface area contributed by atoms with E-state index in [0.29, 0.717) is 17.1 Å². The van der Waals surface area contributed by atoms with Crippen LogP contribution in [0.3, 0.4) is 0 Å². The molecule has 0 radical (unpaired) electrons. The van der Waals surface area contributed by atoms with E-state index in [2.05, 4.69) is 44.3 Å². The molecule has 1 aromatic rings. The number of hydrogen-bond acceptors (Lipinski definition) is 4. The number of rotatable bonds is 10. The van der Waals surface area contributed by atoms with Gasteiger partial charge < -0.3 is 10.1 Å². The Balaban J connectivity index is 0.00000596. The number of methoxy groups -OCH3 is 1. The van der Waals surface area contributed by atoms with Crippen molar-refractivity contribution in [2.45, 2.75) is 60.6 Å². The Kier molecular flexibility index (Phi) is 15.7. The van der Waals surface area contributed by atoms with Crippen molar-refractivity contribution in [1.82, 2.24) is 15.1 Å². The van der Waals surface area contributed by atoms with E-state index in [0.717, 1.165) is 34.2 Å². The Labute approximate surface area is 221 Å². The standard InChI is InChI=1S/C24H32BrF3N4O2.C2H6/c1-7-10-17(14-25)12-18(11-8-2)22(16(4)9-3)30-21(34-6)15-29-23(33)19-13-20(24(26,27)28)31-32(19)5;1-2/h8,10-13H,7,9,14-15H2,1-6H3,(H,29,33);1-2H3/b11-8-,17-10-,18-12+,22-16?,30-21?;. The molecule has 6 nitrogen and oxygen atoms in total. The molecule has 0 saturated carbocycles. The van der Waals surface area contributed by atoms with Crippen molar-refractivity contribution in [3.63, 3.8) is 0 Å². The first kappa shape index (κ1) is 33.4. The predicted octanol–water partition coefficient (Wildman–Crippen LogP) is 7.16. The molecule has 0 unspecified atom stereocenters. The van der Waals surface area contributed by atoms with Gasteiger partial charge in [-0.1, -0.05) is 61.9 Å². The van der Waals surface area contributed by atoms with Crippen LogP contribution >= 0.6 is 15.9 Å². The van der Waals surface area contributed by atoms with E-state index in [1.165, 1.54) is 14.2 Å². The number of hydrogen-bond donors (Lipinski definition) is 1. The molecule has 0 bridgehead atoms. The van der Waals surface area contributed by atoms with Gasteiger partial charge in [-0.05, 0) is 43.9 Å². The smallest absolute Gasteiger partial charge is 0.435 e. The van der Waals surface area contributed by atoms with Crippen molar-refractivity contribution >= 4 is 27.7 Å². The molecule has 202 valence electrons. The second kappa shape index (κ2) is 16.9. The fourth-order valence-electron chi connectivity index (χ4n) is 2.91. The number of ether oxygens (including phenoxy) is 1. The molecule has 1 rings (SSSR count). The molecule has 0 fully saturated rings. The SMILES string of the molecule is CC.C\C=C/C(=C\C(=C\CC)CBr)C(N=C(CNC(=O)c1cc(C(F)(F)F)nn1C)OC)=C(C)CC. The molecule has 0 aromatic carbocycles. The van der Waals surface area contributed by atoms with Gasteiger partial charge in [-0.3, -0.25) is 9.48 Å². The normalized spacial score (nSPS) is 13.8. The summed E-state index contributed by atoms with van der Waals surface area (Å²) in [6, 6.07) is 0.709. The van der Waals surface area contributed by atoms with E-state index in [-0.39, 0.29) is 18.1 Å². The highest BCUT2D eigenvalue weighted by molar-refractivity contribution is 9.09. The minimum Gasteiger partial charge on any atom is -0.483 e. The summed E-state index contributed by atoms with van der Waals surface area (Å²) in [6.07, 6.45) is 5.00. The zero-order chi connectivity index (χ0) is 27.9. The number of carbonyl (C=O) groups excluding carboxylic acids is 1. The van der Waals surface area contributed by atoms with Crippen LogP contribution in [0.5, 0.6) is 0 Å². The van der Waals surface area contributed by atoms with Crippen molar-refractivity contribution in [3.8, 4) is 0 Å². The van der Waals surface area contributed by atoms with Gasteiger partial charge in [-0.2, -0.15) is 18.3 Å². The fraction of sp³-hybridized carbons (Fsp3) is 0.500. The third-order valence-corrected chi connectivity index (χ3v) is 5.44. The van der Waals surface area contributed by atoms with E-state index in [1.807, 2.05) is 52.8 Å². The first-order valence-corrected chi connectivity index (χ1v) is 12.9. The van der Waals surface area contributed by atoms with Crippen molar-refractivity contribution in [2.24, 2.45) is 12.0 Å². The second-order valence-electron chi connectivity index (χ2n) is 7.33. The van der Waals surface area contributed by atoms with Crippen molar-refractivity contribution < 1.29 is 22.7 Å². The summed E-state index contributed by atoms with van der Waals surface area (Å²) >= 11 is 3.51. The molecule has 1 amide bonds. The molecule has 0 atom stereocenters. The van der Waals surface area contributed by atoms with Gasteiger partial charge in [0.25, 0.3) is 5.91 Å². The average molecular weight is 576 g/mol. The lowest BCUT2D eigenvalue weighted by Gasteiger charge is -2.13. The van der Waals surface area contributed by atoms with Gasteiger partial charge in [0.15, 0.2) is 5.69 Å². The number of nitrogens with zero attached hydrogens (tertiary/aromatic N) is 3. The van der Waals surface area contributed by atoms with Gasteiger partial charge in [0.2, 0.25) is 5.90 Å². The summed E-state index contributed by atoms with van der Waals surface area (Å²) in [5, 5.41) is 6.61. The van der Waals surface area contributed by atoms with Crippen LogP contribution in [-0.2, 0) is 18.0 Å². The zero-order valence-corrected chi connectivity index (χ0v) is 24.0. The Hall–Kier alpha value is -2.62. The van der Waals surface area contributed by atoms with Gasteiger partial charge >= 0.3 is 6.18 Å². The van der Waals surface area contributed by atoms with Gasteiger partial charge in [0.1, 0.15) is 5.69 Å². The van der Waals surface area contributed by atoms with Crippen LogP contribution in [0.25, 0.3) is 0 Å². The molecule has 0 aliphatic rings. The maximum atomic E-state index is 12.9. The first-order chi connectivity index (χ1) is 17.0. The molecule has 0 aliphatic carbocycles. The first-order valence-electron chi connectivity index (χ1n) is 11.8. The lowest BCUT2D eigenvalue weighted by Crippen LogP contribution is -2.31. The van der Waals surface area contributed by atoms with E-state index in [4.69, 9.17) is 4.74 Å². The predicted molar refractivity (Wildman–Crippen MR) is 144 cm³/mol. The van der Waals surface area contributed by atoms with Crippen molar-refractivity contribution in [2.75, 3.05) is 19.0 Å². The lowest BCUT2D eigenvalue weighted by atomic mass is 10.0. The zero-order valence-electron chi connectivity index (χ0n) is 22.4. The number of aryl methyl sites for hydroxylation is 1. The molecule has 0 spiro atoms. The number of carbonyl (C=O) groups is 1. The van der Waals surface area contributed by atoms with E-state index in [1.54, 1.807) is 0 Å². The largest absolute Gasteiger partial charge is 0.483 e. The monoisotopic (exact) mass is 574 g/mol. The van der Waals surface area contributed by atoms with Crippen molar-refractivity contribution in [3.05, 3.63) is 64.2 Å². The van der Waals surface area contributed by atoms with Crippen LogP contribution in [0.15, 0.2) is 57.8 Å². The molecule has 1 N–H and O–H groups in total. The van der Waals surface area contributed by atoms with Crippen molar-refractivity contribution in [1.29, 1.82) is 0 Å². The van der Waals surface area contributed by atoms with Crippen LogP contribution in [0.2, 0.25) is 0 Å². The number of alkyl halides is 4. The van der Waals surface area contributed by atoms with Gasteiger partial charge in [-0.25, -0.2) is 4.99 Å². The molecular weight excluding hydrogens is 537 g/mol. The molecule has 36 heavy (non-hydrogen) atoms. The molecule has 0 aliphatic heterocycles. The van der Waals surface area contributed by atoms with E-state index < -0.39 is 17.8 Å². The quantitative estimate of drug-likeness (QED) is 0.139. The molecular formula is C26H38BrF3N4O2. The minimum atomic E-state index is -4.64. The van der Waals surface area contributed by atoms with Crippen LogP contribution in [-0.4, -0.2) is 40.6 Å². The highest BCUT2D eigenvalue weighted by Gasteiger charge is 2.35. The van der Waals surface area contributed by atoms with Crippen LogP contribution in [0, 0.1) is 0 Å². The summed E-state index contributed by atoms with van der Waals surface area (Å²) < 4.78 is 45.0. The molecule has 0 saturated heterocycles. The van der Waals surface area contributed by atoms with E-state index in [9.17, 15) is 18.0 Å². The Bertz CT molecular complexity index is 1000. The summed E-state index contributed by atoms with van der Waals surface area (Å²) in [5.41, 5.74) is 2.34. The third kappa shape index (κ3) is 10.6. The lowest BCUT2D eigenvalue weighted by molar-refractivity contribution is -0.141. The molecule has 1 heterocycles. The maximum absolute atomic E-state index is 12.9. The summed E-state index contributed by atoms with van der Waals surface area (Å²) in [7, 11) is 2.70. The van der Waals surface area contributed by atoms with Gasteiger partial charge in [0, 0.05) is 24.0 Å². The van der Waals surface area contributed by atoms with Crippen LogP contribution in [0.4, 0.5) is 13.2 Å². The number of amides is 1. The van der Waals surface area contributed by atoms with E-state index >= 15 is 0 Å². The topological polar surface area (TPSA) is 68.5 Å². The highest BCUT2D eigenvalue weighted by atomic mass is 79.9. The molecule has 1 aromatic heterocycles. The fourth-order valence-corrected chi connectivity index (χ4v) is 3.30. The number of nitrogens with one attached hydrogen (secondary N) is 1.